The second-order valence-electron chi connectivity index (χ2n) is 5.11. The highest BCUT2D eigenvalue weighted by atomic mass is 35.5. The third-order valence-corrected chi connectivity index (χ3v) is 4.33. The van der Waals surface area contributed by atoms with Crippen LogP contribution in [0.5, 0.6) is 0 Å². The Kier molecular flexibility index (Phi) is 2.33. The molecule has 0 aromatic heterocycles. The highest BCUT2D eigenvalue weighted by molar-refractivity contribution is 6.30. The van der Waals surface area contributed by atoms with Crippen molar-refractivity contribution in [3.63, 3.8) is 0 Å². The summed E-state index contributed by atoms with van der Waals surface area (Å²) in [6, 6.07) is 7.45. The van der Waals surface area contributed by atoms with Crippen molar-refractivity contribution < 1.29 is 4.79 Å². The zero-order valence-corrected chi connectivity index (χ0v) is 10.2. The van der Waals surface area contributed by atoms with Crippen molar-refractivity contribution in [2.75, 3.05) is 5.32 Å². The van der Waals surface area contributed by atoms with Gasteiger partial charge in [-0.15, -0.1) is 0 Å². The van der Waals surface area contributed by atoms with E-state index in [9.17, 15) is 4.79 Å². The smallest absolute Gasteiger partial charge is 0.243 e. The Morgan fingerprint density at radius 1 is 1.53 bits per heavy atom. The van der Waals surface area contributed by atoms with Gasteiger partial charge in [-0.3, -0.25) is 4.79 Å². The van der Waals surface area contributed by atoms with Gasteiger partial charge < -0.3 is 11.1 Å². The molecule has 2 aliphatic carbocycles. The van der Waals surface area contributed by atoms with Crippen LogP contribution in [0.3, 0.4) is 0 Å². The van der Waals surface area contributed by atoms with Crippen LogP contribution in [0.1, 0.15) is 19.3 Å². The van der Waals surface area contributed by atoms with Crippen molar-refractivity contribution in [2.45, 2.75) is 24.8 Å². The maximum absolute atomic E-state index is 11.8. The summed E-state index contributed by atoms with van der Waals surface area (Å²) in [5.74, 6) is 0.871. The summed E-state index contributed by atoms with van der Waals surface area (Å²) in [5, 5.41) is 3.99. The van der Waals surface area contributed by atoms with Gasteiger partial charge in [0.25, 0.3) is 0 Å². The van der Waals surface area contributed by atoms with Crippen LogP contribution in [-0.2, 0) is 4.79 Å². The van der Waals surface area contributed by atoms with E-state index in [0.717, 1.165) is 24.9 Å². The molecule has 3 unspecified atom stereocenters. The van der Waals surface area contributed by atoms with Crippen LogP contribution in [-0.4, -0.2) is 11.4 Å². The average molecular weight is 251 g/mol. The Morgan fingerprint density at radius 3 is 2.88 bits per heavy atom. The predicted octanol–water partition coefficient (Wildman–Crippen LogP) is 2.41. The number of rotatable bonds is 3. The highest BCUT2D eigenvalue weighted by Crippen LogP contribution is 2.58. The number of carbonyl (C=O) groups excluding carboxylic acids is 1. The van der Waals surface area contributed by atoms with Crippen LogP contribution >= 0.6 is 11.6 Å². The number of hydrogen-bond acceptors (Lipinski definition) is 2. The number of carbonyl (C=O) groups is 1. The maximum Gasteiger partial charge on any atom is 0.243 e. The van der Waals surface area contributed by atoms with Crippen molar-refractivity contribution >= 4 is 23.2 Å². The first kappa shape index (κ1) is 10.9. The molecule has 0 saturated heterocycles. The molecule has 17 heavy (non-hydrogen) atoms. The number of benzene rings is 1. The summed E-state index contributed by atoms with van der Waals surface area (Å²) in [7, 11) is 0. The molecule has 1 aromatic carbocycles. The zero-order chi connectivity index (χ0) is 12.0. The normalized spacial score (nSPS) is 34.2. The Labute approximate surface area is 105 Å². The monoisotopic (exact) mass is 250 g/mol. The molecule has 2 fully saturated rings. The topological polar surface area (TPSA) is 55.1 Å². The third kappa shape index (κ3) is 1.69. The van der Waals surface area contributed by atoms with Gasteiger partial charge in [-0.1, -0.05) is 17.7 Å². The number of fused-ring (bicyclic) bond motifs is 1. The van der Waals surface area contributed by atoms with E-state index in [1.165, 1.54) is 0 Å². The predicted molar refractivity (Wildman–Crippen MR) is 67.8 cm³/mol. The second kappa shape index (κ2) is 3.64. The Hall–Kier alpha value is -1.22. The van der Waals surface area contributed by atoms with Crippen molar-refractivity contribution in [2.24, 2.45) is 17.6 Å². The minimum atomic E-state index is -0.546. The van der Waals surface area contributed by atoms with Crippen molar-refractivity contribution in [1.29, 1.82) is 0 Å². The van der Waals surface area contributed by atoms with Gasteiger partial charge in [0.15, 0.2) is 0 Å². The minimum absolute atomic E-state index is 0.234. The number of nitrogens with one attached hydrogen (secondary N) is 1. The van der Waals surface area contributed by atoms with Crippen LogP contribution in [0.15, 0.2) is 24.3 Å². The fraction of sp³-hybridized carbons (Fsp3) is 0.462. The molecule has 90 valence electrons. The van der Waals surface area contributed by atoms with Gasteiger partial charge in [-0.25, -0.2) is 0 Å². The molecule has 0 radical (unpaired) electrons. The maximum atomic E-state index is 11.8. The molecule has 2 aliphatic rings. The molecular weight excluding hydrogens is 236 g/mol. The molecule has 0 aliphatic heterocycles. The molecule has 0 bridgehead atoms. The number of primary amides is 1. The molecule has 3 N–H and O–H groups in total. The van der Waals surface area contributed by atoms with E-state index in [-0.39, 0.29) is 5.91 Å². The average Bonchev–Trinajstić information content (AvgIpc) is 2.97. The summed E-state index contributed by atoms with van der Waals surface area (Å²) < 4.78 is 0. The fourth-order valence-corrected chi connectivity index (χ4v) is 3.31. The molecule has 1 amide bonds. The summed E-state index contributed by atoms with van der Waals surface area (Å²) in [6.07, 6.45) is 3.06. The van der Waals surface area contributed by atoms with Crippen molar-refractivity contribution in [3.8, 4) is 0 Å². The first-order chi connectivity index (χ1) is 8.12. The minimum Gasteiger partial charge on any atom is -0.371 e. The second-order valence-corrected chi connectivity index (χ2v) is 5.55. The number of anilines is 1. The van der Waals surface area contributed by atoms with Crippen molar-refractivity contribution in [1.82, 2.24) is 0 Å². The Balaban J connectivity index is 1.89. The van der Waals surface area contributed by atoms with E-state index in [0.29, 0.717) is 16.9 Å². The molecule has 1 aromatic rings. The van der Waals surface area contributed by atoms with Gasteiger partial charge in [-0.2, -0.15) is 0 Å². The lowest BCUT2D eigenvalue weighted by Gasteiger charge is -2.30. The van der Waals surface area contributed by atoms with Crippen molar-refractivity contribution in [3.05, 3.63) is 29.3 Å². The summed E-state index contributed by atoms with van der Waals surface area (Å²) in [5.41, 5.74) is 5.93. The Morgan fingerprint density at radius 2 is 2.35 bits per heavy atom. The van der Waals surface area contributed by atoms with Crippen LogP contribution in [0.2, 0.25) is 5.02 Å². The molecule has 2 saturated carbocycles. The fourth-order valence-electron chi connectivity index (χ4n) is 3.12. The molecule has 0 heterocycles. The van der Waals surface area contributed by atoms with E-state index >= 15 is 0 Å². The molecule has 3 nitrogen and oxygen atoms in total. The van der Waals surface area contributed by atoms with Crippen LogP contribution in [0.4, 0.5) is 5.69 Å². The molecule has 3 rings (SSSR count). The third-order valence-electron chi connectivity index (χ3n) is 4.10. The lowest BCUT2D eigenvalue weighted by molar-refractivity contribution is -0.122. The number of nitrogens with two attached hydrogens (primary N) is 1. The standard InChI is InChI=1S/C13H15ClN2O/c14-9-2-1-3-10(7-9)16-13(12(15)17)5-4-8-6-11(8)13/h1-3,7-8,11,16H,4-6H2,(H2,15,17). The van der Waals surface area contributed by atoms with Crippen LogP contribution < -0.4 is 11.1 Å². The lowest BCUT2D eigenvalue weighted by atomic mass is 9.91. The van der Waals surface area contributed by atoms with E-state index in [1.807, 2.05) is 24.3 Å². The first-order valence-corrected chi connectivity index (χ1v) is 6.33. The lowest BCUT2D eigenvalue weighted by Crippen LogP contribution is -2.51. The van der Waals surface area contributed by atoms with E-state index < -0.39 is 5.54 Å². The quantitative estimate of drug-likeness (QED) is 0.866. The summed E-state index contributed by atoms with van der Waals surface area (Å²) in [6.45, 7) is 0. The van der Waals surface area contributed by atoms with Gasteiger partial charge in [0, 0.05) is 10.7 Å². The van der Waals surface area contributed by atoms with E-state index in [1.54, 1.807) is 0 Å². The number of halogens is 1. The molecular formula is C13H15ClN2O. The van der Waals surface area contributed by atoms with Crippen LogP contribution in [0, 0.1) is 11.8 Å². The zero-order valence-electron chi connectivity index (χ0n) is 9.45. The molecule has 0 spiro atoms. The summed E-state index contributed by atoms with van der Waals surface area (Å²) >= 11 is 5.95. The van der Waals surface area contributed by atoms with Gasteiger partial charge in [0.1, 0.15) is 5.54 Å². The van der Waals surface area contributed by atoms with Gasteiger partial charge in [0.05, 0.1) is 0 Å². The highest BCUT2D eigenvalue weighted by Gasteiger charge is 2.61. The van der Waals surface area contributed by atoms with E-state index in [2.05, 4.69) is 5.32 Å². The molecule has 3 atom stereocenters. The Bertz CT molecular complexity index is 476. The molecule has 4 heteroatoms. The first-order valence-electron chi connectivity index (χ1n) is 5.95. The van der Waals surface area contributed by atoms with Gasteiger partial charge in [-0.05, 0) is 49.3 Å². The largest absolute Gasteiger partial charge is 0.371 e. The SMILES string of the molecule is NC(=O)C1(Nc2cccc(Cl)c2)CCC2CC21. The number of hydrogen-bond donors (Lipinski definition) is 2. The van der Waals surface area contributed by atoms with Crippen LogP contribution in [0.25, 0.3) is 0 Å². The summed E-state index contributed by atoms with van der Waals surface area (Å²) in [4.78, 5) is 11.8. The van der Waals surface area contributed by atoms with Gasteiger partial charge >= 0.3 is 0 Å². The van der Waals surface area contributed by atoms with E-state index in [4.69, 9.17) is 17.3 Å². The van der Waals surface area contributed by atoms with Gasteiger partial charge in [0.2, 0.25) is 5.91 Å². The number of amides is 1.